The van der Waals surface area contributed by atoms with Crippen LogP contribution in [-0.2, 0) is 6.54 Å². The summed E-state index contributed by atoms with van der Waals surface area (Å²) >= 11 is 0. The lowest BCUT2D eigenvalue weighted by atomic mass is 10.2. The molecule has 1 aromatic carbocycles. The zero-order chi connectivity index (χ0) is 8.93. The van der Waals surface area contributed by atoms with Crippen molar-refractivity contribution in [3.05, 3.63) is 35.9 Å². The van der Waals surface area contributed by atoms with Crippen LogP contribution in [0.2, 0.25) is 0 Å². The lowest BCUT2D eigenvalue weighted by Gasteiger charge is -2.15. The molecule has 0 aromatic heterocycles. The van der Waals surface area contributed by atoms with E-state index < -0.39 is 0 Å². The van der Waals surface area contributed by atoms with Crippen molar-refractivity contribution >= 4 is 0 Å². The summed E-state index contributed by atoms with van der Waals surface area (Å²) in [5, 5.41) is 15.4. The number of rotatable bonds is 2. The van der Waals surface area contributed by atoms with Gasteiger partial charge in [0.05, 0.1) is 6.54 Å². The molecular formula is C7H8N6. The average Bonchev–Trinajstić information content (AvgIpc) is 2.21. The fraction of sp³-hybridized carbons (Fsp3) is 0.143. The van der Waals surface area contributed by atoms with Gasteiger partial charge in [-0.3, -0.25) is 0 Å². The fourth-order valence-corrected chi connectivity index (χ4v) is 1.00. The molecule has 0 unspecified atom stereocenters. The molecule has 6 nitrogen and oxygen atoms in total. The molecule has 0 aliphatic carbocycles. The van der Waals surface area contributed by atoms with Crippen molar-refractivity contribution in [2.24, 2.45) is 20.9 Å². The van der Waals surface area contributed by atoms with Crippen molar-refractivity contribution in [3.63, 3.8) is 0 Å². The molecule has 1 N–H and O–H groups in total. The molecule has 0 amide bonds. The van der Waals surface area contributed by atoms with E-state index in [0.29, 0.717) is 6.54 Å². The highest BCUT2D eigenvalue weighted by molar-refractivity contribution is 5.14. The van der Waals surface area contributed by atoms with Crippen LogP contribution in [0.4, 0.5) is 0 Å². The lowest BCUT2D eigenvalue weighted by Crippen LogP contribution is -2.29. The summed E-state index contributed by atoms with van der Waals surface area (Å²) in [6.45, 7) is 0.614. The lowest BCUT2D eigenvalue weighted by molar-refractivity contribution is 0.147. The fourth-order valence-electron chi connectivity index (χ4n) is 1.00. The van der Waals surface area contributed by atoms with E-state index in [9.17, 15) is 0 Å². The quantitative estimate of drug-likeness (QED) is 0.744. The Balaban J connectivity index is 1.99. The maximum absolute atomic E-state index is 3.71. The molecule has 0 saturated heterocycles. The number of hydrogen-bond acceptors (Lipinski definition) is 6. The molecule has 1 aliphatic rings. The summed E-state index contributed by atoms with van der Waals surface area (Å²) in [4.78, 5) is 0. The van der Waals surface area contributed by atoms with E-state index in [1.165, 1.54) is 5.12 Å². The van der Waals surface area contributed by atoms with Gasteiger partial charge in [-0.25, -0.2) is 0 Å². The van der Waals surface area contributed by atoms with Crippen LogP contribution in [-0.4, -0.2) is 5.12 Å². The molecule has 13 heavy (non-hydrogen) atoms. The van der Waals surface area contributed by atoms with E-state index in [-0.39, 0.29) is 0 Å². The molecular weight excluding hydrogens is 168 g/mol. The molecule has 0 atom stereocenters. The summed E-state index contributed by atoms with van der Waals surface area (Å²) in [7, 11) is 0. The maximum atomic E-state index is 3.71. The van der Waals surface area contributed by atoms with Crippen molar-refractivity contribution < 1.29 is 0 Å². The van der Waals surface area contributed by atoms with Crippen LogP contribution in [0.25, 0.3) is 0 Å². The van der Waals surface area contributed by atoms with Crippen molar-refractivity contribution in [2.45, 2.75) is 6.54 Å². The summed E-state index contributed by atoms with van der Waals surface area (Å²) in [6.07, 6.45) is 0. The van der Waals surface area contributed by atoms with Crippen LogP contribution >= 0.6 is 0 Å². The van der Waals surface area contributed by atoms with Crippen molar-refractivity contribution in [3.8, 4) is 0 Å². The van der Waals surface area contributed by atoms with Gasteiger partial charge in [-0.2, -0.15) is 10.7 Å². The monoisotopic (exact) mass is 176 g/mol. The standard InChI is InChI=1S/C7H8N6/c1-2-4-7(5-3-1)6-13-11-9-8-10-12-13/h1-5H,6H2,(H,8,11,12). The van der Waals surface area contributed by atoms with Crippen LogP contribution in [0, 0.1) is 0 Å². The highest BCUT2D eigenvalue weighted by Crippen LogP contribution is 2.04. The van der Waals surface area contributed by atoms with E-state index in [2.05, 4.69) is 26.4 Å². The second-order valence-corrected chi connectivity index (χ2v) is 2.51. The average molecular weight is 176 g/mol. The van der Waals surface area contributed by atoms with Gasteiger partial charge in [0.25, 0.3) is 0 Å². The predicted molar refractivity (Wildman–Crippen MR) is 44.8 cm³/mol. The third kappa shape index (κ3) is 1.98. The van der Waals surface area contributed by atoms with Crippen LogP contribution in [0.5, 0.6) is 0 Å². The van der Waals surface area contributed by atoms with E-state index in [1.807, 2.05) is 30.3 Å². The van der Waals surface area contributed by atoms with Gasteiger partial charge in [-0.15, -0.1) is 0 Å². The Morgan fingerprint density at radius 1 is 1.15 bits per heavy atom. The first kappa shape index (κ1) is 7.66. The smallest absolute Gasteiger partial charge is 0.0869 e. The maximum Gasteiger partial charge on any atom is 0.0869 e. The summed E-state index contributed by atoms with van der Waals surface area (Å²) in [6, 6.07) is 9.91. The van der Waals surface area contributed by atoms with Crippen LogP contribution in [0.3, 0.4) is 0 Å². The second kappa shape index (κ2) is 3.61. The van der Waals surface area contributed by atoms with Crippen molar-refractivity contribution in [2.75, 3.05) is 0 Å². The minimum atomic E-state index is 0.614. The molecule has 1 aromatic rings. The van der Waals surface area contributed by atoms with Crippen LogP contribution < -0.4 is 5.53 Å². The third-order valence-corrected chi connectivity index (χ3v) is 1.57. The first-order valence-corrected chi connectivity index (χ1v) is 3.83. The van der Waals surface area contributed by atoms with E-state index in [0.717, 1.165) is 5.56 Å². The van der Waals surface area contributed by atoms with Gasteiger partial charge in [0.2, 0.25) is 0 Å². The SMILES string of the molecule is c1ccc(CN2N=NN=NN2)cc1. The van der Waals surface area contributed by atoms with Crippen molar-refractivity contribution in [1.82, 2.24) is 10.7 Å². The summed E-state index contributed by atoms with van der Waals surface area (Å²) in [5.74, 6) is 0. The third-order valence-electron chi connectivity index (χ3n) is 1.57. The molecule has 0 bridgehead atoms. The van der Waals surface area contributed by atoms with E-state index >= 15 is 0 Å². The Morgan fingerprint density at radius 2 is 2.00 bits per heavy atom. The van der Waals surface area contributed by atoms with Crippen LogP contribution in [0.15, 0.2) is 51.2 Å². The topological polar surface area (TPSA) is 64.7 Å². The van der Waals surface area contributed by atoms with Gasteiger partial charge < -0.3 is 0 Å². The highest BCUT2D eigenvalue weighted by atomic mass is 15.9. The van der Waals surface area contributed by atoms with Gasteiger partial charge >= 0.3 is 0 Å². The normalized spacial score (nSPS) is 14.3. The minimum Gasteiger partial charge on any atom is -0.180 e. The van der Waals surface area contributed by atoms with Gasteiger partial charge in [-0.1, -0.05) is 30.3 Å². The molecule has 0 radical (unpaired) electrons. The van der Waals surface area contributed by atoms with E-state index in [1.54, 1.807) is 0 Å². The zero-order valence-corrected chi connectivity index (χ0v) is 6.83. The predicted octanol–water partition coefficient (Wildman–Crippen LogP) is 1.66. The zero-order valence-electron chi connectivity index (χ0n) is 6.83. The number of nitrogens with one attached hydrogen (secondary N) is 1. The Hall–Kier alpha value is -1.98. The Labute approximate surface area is 74.9 Å². The van der Waals surface area contributed by atoms with Crippen LogP contribution in [0.1, 0.15) is 5.56 Å². The molecule has 66 valence electrons. The molecule has 0 saturated carbocycles. The highest BCUT2D eigenvalue weighted by Gasteiger charge is 2.02. The molecule has 2 rings (SSSR count). The Bertz CT molecular complexity index is 319. The molecule has 0 fully saturated rings. The molecule has 1 heterocycles. The van der Waals surface area contributed by atoms with Gasteiger partial charge in [0.1, 0.15) is 0 Å². The summed E-state index contributed by atoms with van der Waals surface area (Å²) in [5.41, 5.74) is 3.73. The molecule has 0 spiro atoms. The Kier molecular flexibility index (Phi) is 2.13. The Morgan fingerprint density at radius 3 is 2.69 bits per heavy atom. The molecule has 1 aliphatic heterocycles. The number of hydrogen-bond donors (Lipinski definition) is 1. The first-order valence-electron chi connectivity index (χ1n) is 3.83. The molecule has 6 heteroatoms. The van der Waals surface area contributed by atoms with Gasteiger partial charge in [0.15, 0.2) is 0 Å². The number of benzene rings is 1. The van der Waals surface area contributed by atoms with Crippen molar-refractivity contribution in [1.29, 1.82) is 0 Å². The van der Waals surface area contributed by atoms with E-state index in [4.69, 9.17) is 0 Å². The number of hydrazine groups is 1. The number of nitrogens with zero attached hydrogens (tertiary/aromatic N) is 5. The first-order chi connectivity index (χ1) is 6.45. The van der Waals surface area contributed by atoms with Gasteiger partial charge in [0, 0.05) is 0 Å². The largest absolute Gasteiger partial charge is 0.180 e. The minimum absolute atomic E-state index is 0.614. The van der Waals surface area contributed by atoms with Gasteiger partial charge in [-0.05, 0) is 26.5 Å². The summed E-state index contributed by atoms with van der Waals surface area (Å²) < 4.78 is 0. The second-order valence-electron chi connectivity index (χ2n) is 2.51.